The number of ether oxygens (including phenoxy) is 2. The normalized spacial score (nSPS) is 21.4. The van der Waals surface area contributed by atoms with E-state index >= 15 is 0 Å². The van der Waals surface area contributed by atoms with Crippen LogP contribution in [0, 0.1) is 0 Å². The van der Waals surface area contributed by atoms with Crippen molar-refractivity contribution in [2.75, 3.05) is 0 Å². The minimum absolute atomic E-state index is 0.505. The van der Waals surface area contributed by atoms with E-state index in [0.29, 0.717) is 0 Å². The first-order chi connectivity index (χ1) is 6.91. The monoisotopic (exact) mass is 188 g/mol. The van der Waals surface area contributed by atoms with Gasteiger partial charge in [0.25, 0.3) is 5.79 Å². The van der Waals surface area contributed by atoms with Gasteiger partial charge in [0.1, 0.15) is 12.5 Å². The molecule has 2 heteroatoms. The Morgan fingerprint density at radius 2 is 1.86 bits per heavy atom. The SMILES string of the molecule is C1=COC2(CCCc3ccccc32)O1. The van der Waals surface area contributed by atoms with Crippen molar-refractivity contribution in [1.29, 1.82) is 0 Å². The number of rotatable bonds is 0. The summed E-state index contributed by atoms with van der Waals surface area (Å²) in [5, 5.41) is 0. The van der Waals surface area contributed by atoms with E-state index in [9.17, 15) is 0 Å². The predicted octanol–water partition coefficient (Wildman–Crippen LogP) is 2.69. The van der Waals surface area contributed by atoms with E-state index in [1.807, 2.05) is 6.07 Å². The van der Waals surface area contributed by atoms with Crippen molar-refractivity contribution in [2.24, 2.45) is 0 Å². The summed E-state index contributed by atoms with van der Waals surface area (Å²) in [5.41, 5.74) is 2.54. The number of hydrogen-bond acceptors (Lipinski definition) is 2. The molecule has 0 N–H and O–H groups in total. The van der Waals surface area contributed by atoms with Crippen LogP contribution >= 0.6 is 0 Å². The quantitative estimate of drug-likeness (QED) is 0.623. The molecule has 0 bridgehead atoms. The lowest BCUT2D eigenvalue weighted by Gasteiger charge is -2.33. The molecule has 0 radical (unpaired) electrons. The van der Waals surface area contributed by atoms with Crippen LogP contribution in [0.5, 0.6) is 0 Å². The van der Waals surface area contributed by atoms with Gasteiger partial charge in [-0.1, -0.05) is 24.3 Å². The van der Waals surface area contributed by atoms with Gasteiger partial charge in [0, 0.05) is 12.0 Å². The first-order valence-corrected chi connectivity index (χ1v) is 5.00. The van der Waals surface area contributed by atoms with Crippen molar-refractivity contribution in [3.63, 3.8) is 0 Å². The zero-order valence-electron chi connectivity index (χ0n) is 7.90. The van der Waals surface area contributed by atoms with E-state index in [-0.39, 0.29) is 0 Å². The highest BCUT2D eigenvalue weighted by Crippen LogP contribution is 2.42. The maximum absolute atomic E-state index is 5.61. The van der Waals surface area contributed by atoms with Gasteiger partial charge in [-0.3, -0.25) is 0 Å². The molecule has 1 aromatic rings. The van der Waals surface area contributed by atoms with Crippen LogP contribution in [0.25, 0.3) is 0 Å². The Labute approximate surface area is 83.1 Å². The molecular weight excluding hydrogens is 176 g/mol. The lowest BCUT2D eigenvalue weighted by molar-refractivity contribution is -0.160. The second-order valence-electron chi connectivity index (χ2n) is 3.77. The van der Waals surface area contributed by atoms with Gasteiger partial charge < -0.3 is 9.47 Å². The van der Waals surface area contributed by atoms with Crippen LogP contribution in [-0.2, 0) is 21.7 Å². The predicted molar refractivity (Wildman–Crippen MR) is 52.4 cm³/mol. The molecule has 0 aromatic heterocycles. The van der Waals surface area contributed by atoms with Gasteiger partial charge in [0.2, 0.25) is 0 Å². The first-order valence-electron chi connectivity index (χ1n) is 5.00. The zero-order valence-corrected chi connectivity index (χ0v) is 7.90. The largest absolute Gasteiger partial charge is 0.453 e. The Balaban J connectivity index is 2.11. The molecule has 0 fully saturated rings. The molecule has 0 unspecified atom stereocenters. The molecule has 1 heterocycles. The Kier molecular flexibility index (Phi) is 1.57. The number of aryl methyl sites for hydroxylation is 1. The maximum atomic E-state index is 5.61. The van der Waals surface area contributed by atoms with Crippen molar-refractivity contribution in [2.45, 2.75) is 25.0 Å². The molecule has 1 aromatic carbocycles. The average molecular weight is 188 g/mol. The molecule has 3 rings (SSSR count). The Morgan fingerprint density at radius 3 is 2.71 bits per heavy atom. The topological polar surface area (TPSA) is 18.5 Å². The number of benzene rings is 1. The van der Waals surface area contributed by atoms with E-state index < -0.39 is 5.79 Å². The summed E-state index contributed by atoms with van der Waals surface area (Å²) in [7, 11) is 0. The molecule has 0 amide bonds. The Bertz CT molecular complexity index is 374. The fraction of sp³-hybridized carbons (Fsp3) is 0.333. The highest BCUT2D eigenvalue weighted by molar-refractivity contribution is 5.34. The average Bonchev–Trinajstić information content (AvgIpc) is 2.68. The number of hydrogen-bond donors (Lipinski definition) is 0. The Hall–Kier alpha value is -1.44. The molecule has 14 heavy (non-hydrogen) atoms. The summed E-state index contributed by atoms with van der Waals surface area (Å²) in [4.78, 5) is 0. The van der Waals surface area contributed by atoms with Crippen molar-refractivity contribution >= 4 is 0 Å². The number of fused-ring (bicyclic) bond motifs is 2. The molecule has 1 spiro atoms. The van der Waals surface area contributed by atoms with Crippen LogP contribution in [-0.4, -0.2) is 0 Å². The third-order valence-electron chi connectivity index (χ3n) is 2.95. The lowest BCUT2D eigenvalue weighted by atomic mass is 9.86. The fourth-order valence-electron chi connectivity index (χ4n) is 2.30. The van der Waals surface area contributed by atoms with Crippen LogP contribution in [0.2, 0.25) is 0 Å². The van der Waals surface area contributed by atoms with Gasteiger partial charge in [-0.2, -0.15) is 0 Å². The van der Waals surface area contributed by atoms with E-state index in [4.69, 9.17) is 9.47 Å². The highest BCUT2D eigenvalue weighted by Gasteiger charge is 2.41. The van der Waals surface area contributed by atoms with Crippen LogP contribution in [0.3, 0.4) is 0 Å². The maximum Gasteiger partial charge on any atom is 0.276 e. The summed E-state index contributed by atoms with van der Waals surface area (Å²) in [6.45, 7) is 0. The molecule has 0 atom stereocenters. The third-order valence-corrected chi connectivity index (χ3v) is 2.95. The molecule has 72 valence electrons. The molecule has 1 aliphatic heterocycles. The van der Waals surface area contributed by atoms with Crippen molar-refractivity contribution in [3.05, 3.63) is 47.9 Å². The molecule has 0 saturated heterocycles. The highest BCUT2D eigenvalue weighted by atomic mass is 16.7. The molecule has 2 nitrogen and oxygen atoms in total. The van der Waals surface area contributed by atoms with Gasteiger partial charge in [0.15, 0.2) is 0 Å². The van der Waals surface area contributed by atoms with Gasteiger partial charge >= 0.3 is 0 Å². The first kappa shape index (κ1) is 7.92. The Morgan fingerprint density at radius 1 is 1.07 bits per heavy atom. The van der Waals surface area contributed by atoms with Gasteiger partial charge in [-0.15, -0.1) is 0 Å². The summed E-state index contributed by atoms with van der Waals surface area (Å²) in [6.07, 6.45) is 6.48. The van der Waals surface area contributed by atoms with Crippen molar-refractivity contribution in [3.8, 4) is 0 Å². The zero-order chi connectivity index (χ0) is 9.43. The van der Waals surface area contributed by atoms with Crippen LogP contribution in [0.1, 0.15) is 24.0 Å². The summed E-state index contributed by atoms with van der Waals surface area (Å²) in [6, 6.07) is 8.36. The van der Waals surface area contributed by atoms with E-state index in [1.165, 1.54) is 11.1 Å². The smallest absolute Gasteiger partial charge is 0.276 e. The van der Waals surface area contributed by atoms with Crippen molar-refractivity contribution < 1.29 is 9.47 Å². The van der Waals surface area contributed by atoms with E-state index in [1.54, 1.807) is 12.5 Å². The van der Waals surface area contributed by atoms with Crippen molar-refractivity contribution in [1.82, 2.24) is 0 Å². The van der Waals surface area contributed by atoms with E-state index in [2.05, 4.69) is 18.2 Å². The minimum atomic E-state index is -0.505. The lowest BCUT2D eigenvalue weighted by Crippen LogP contribution is -2.31. The van der Waals surface area contributed by atoms with Crippen LogP contribution in [0.15, 0.2) is 36.8 Å². The van der Waals surface area contributed by atoms with Gasteiger partial charge in [-0.25, -0.2) is 0 Å². The summed E-state index contributed by atoms with van der Waals surface area (Å²) in [5.74, 6) is -0.505. The van der Waals surface area contributed by atoms with Gasteiger partial charge in [-0.05, 0) is 18.4 Å². The fourth-order valence-corrected chi connectivity index (χ4v) is 2.30. The van der Waals surface area contributed by atoms with Crippen LogP contribution in [0.4, 0.5) is 0 Å². The second kappa shape index (κ2) is 2.77. The molecule has 0 saturated carbocycles. The summed E-state index contributed by atoms with van der Waals surface area (Å²) < 4.78 is 11.2. The standard InChI is InChI=1S/C12H12O2/c1-2-6-11-10(4-1)5-3-7-12(11)13-8-9-14-12/h1-2,4,6,8-9H,3,5,7H2. The van der Waals surface area contributed by atoms with E-state index in [0.717, 1.165) is 19.3 Å². The molecular formula is C12H12O2. The minimum Gasteiger partial charge on any atom is -0.453 e. The van der Waals surface area contributed by atoms with Gasteiger partial charge in [0.05, 0.1) is 0 Å². The molecule has 2 aliphatic rings. The molecule has 1 aliphatic carbocycles. The second-order valence-corrected chi connectivity index (χ2v) is 3.77. The summed E-state index contributed by atoms with van der Waals surface area (Å²) >= 11 is 0. The third kappa shape index (κ3) is 0.969. The van der Waals surface area contributed by atoms with Crippen LogP contribution < -0.4 is 0 Å².